The van der Waals surface area contributed by atoms with Crippen LogP contribution in [0.3, 0.4) is 0 Å². The van der Waals surface area contributed by atoms with Gasteiger partial charge < -0.3 is 14.6 Å². The molecule has 3 atom stereocenters. The van der Waals surface area contributed by atoms with Crippen molar-refractivity contribution in [1.82, 2.24) is 0 Å². The van der Waals surface area contributed by atoms with Crippen LogP contribution in [0.4, 0.5) is 4.39 Å². The standard InChI is InChI=1S/C30H33FO4/c1-18-19(2)28-24(21(4)27(18)32)13-14-30(5,35-28)15-16-34-29(33)20(3)23-11-12-25(26(31)17-23)22-9-7-6-8-10-22/h6-13,17,20-21,32H,14-16H2,1-5H3. The fourth-order valence-electron chi connectivity index (χ4n) is 4.70. The molecule has 1 heterocycles. The van der Waals surface area contributed by atoms with E-state index in [1.54, 1.807) is 19.1 Å². The van der Waals surface area contributed by atoms with Gasteiger partial charge in [0.15, 0.2) is 0 Å². The summed E-state index contributed by atoms with van der Waals surface area (Å²) in [5, 5.41) is 10.4. The topological polar surface area (TPSA) is 55.8 Å². The lowest BCUT2D eigenvalue weighted by Gasteiger charge is -2.40. The van der Waals surface area contributed by atoms with E-state index in [1.807, 2.05) is 58.0 Å². The molecule has 2 aliphatic rings. The maximum atomic E-state index is 14.8. The summed E-state index contributed by atoms with van der Waals surface area (Å²) in [5.74, 6) is -0.222. The van der Waals surface area contributed by atoms with Gasteiger partial charge in [-0.15, -0.1) is 0 Å². The Labute approximate surface area is 206 Å². The van der Waals surface area contributed by atoms with E-state index in [0.29, 0.717) is 29.7 Å². The number of aliphatic hydroxyl groups is 1. The van der Waals surface area contributed by atoms with Crippen LogP contribution in [0.15, 0.2) is 82.8 Å². The van der Waals surface area contributed by atoms with Crippen LogP contribution in [0.25, 0.3) is 11.1 Å². The van der Waals surface area contributed by atoms with Gasteiger partial charge in [0, 0.05) is 29.9 Å². The Kier molecular flexibility index (Phi) is 6.88. The molecule has 2 aromatic carbocycles. The van der Waals surface area contributed by atoms with Crippen LogP contribution in [0.2, 0.25) is 0 Å². The van der Waals surface area contributed by atoms with Gasteiger partial charge in [-0.25, -0.2) is 4.39 Å². The molecule has 0 amide bonds. The van der Waals surface area contributed by atoms with Crippen molar-refractivity contribution in [3.8, 4) is 11.1 Å². The fourth-order valence-corrected chi connectivity index (χ4v) is 4.70. The minimum atomic E-state index is -0.583. The number of ether oxygens (including phenoxy) is 2. The molecule has 35 heavy (non-hydrogen) atoms. The molecule has 0 bridgehead atoms. The predicted molar refractivity (Wildman–Crippen MR) is 135 cm³/mol. The first-order valence-electron chi connectivity index (χ1n) is 12.1. The van der Waals surface area contributed by atoms with Crippen molar-refractivity contribution in [2.24, 2.45) is 5.92 Å². The number of benzene rings is 2. The Morgan fingerprint density at radius 1 is 1.20 bits per heavy atom. The molecule has 4 nitrogen and oxygen atoms in total. The number of halogens is 1. The largest absolute Gasteiger partial charge is 0.511 e. The highest BCUT2D eigenvalue weighted by Gasteiger charge is 2.37. The molecule has 4 rings (SSSR count). The molecule has 3 unspecified atom stereocenters. The molecule has 2 aromatic rings. The summed E-state index contributed by atoms with van der Waals surface area (Å²) in [6.07, 6.45) is 3.31. The van der Waals surface area contributed by atoms with Crippen LogP contribution in [0.1, 0.15) is 58.9 Å². The minimum Gasteiger partial charge on any atom is -0.511 e. The van der Waals surface area contributed by atoms with Gasteiger partial charge >= 0.3 is 5.97 Å². The molecule has 0 fully saturated rings. The Bertz CT molecular complexity index is 1220. The Morgan fingerprint density at radius 2 is 1.91 bits per heavy atom. The number of aliphatic hydroxyl groups excluding tert-OH is 1. The van der Waals surface area contributed by atoms with Crippen LogP contribution in [-0.2, 0) is 14.3 Å². The van der Waals surface area contributed by atoms with E-state index in [1.165, 1.54) is 6.07 Å². The number of allylic oxidation sites excluding steroid dienone is 4. The number of esters is 1. The zero-order valence-electron chi connectivity index (χ0n) is 21.0. The summed E-state index contributed by atoms with van der Waals surface area (Å²) in [7, 11) is 0. The molecular weight excluding hydrogens is 443 g/mol. The van der Waals surface area contributed by atoms with E-state index in [4.69, 9.17) is 9.47 Å². The highest BCUT2D eigenvalue weighted by molar-refractivity contribution is 5.78. The van der Waals surface area contributed by atoms with Gasteiger partial charge in [-0.2, -0.15) is 0 Å². The maximum Gasteiger partial charge on any atom is 0.313 e. The zero-order valence-corrected chi connectivity index (χ0v) is 21.0. The number of hydrogen-bond donors (Lipinski definition) is 1. The summed E-state index contributed by atoms with van der Waals surface area (Å²) in [6, 6.07) is 14.2. The van der Waals surface area contributed by atoms with E-state index < -0.39 is 17.5 Å². The van der Waals surface area contributed by atoms with E-state index >= 15 is 0 Å². The second-order valence-electron chi connectivity index (χ2n) is 9.85. The molecule has 5 heteroatoms. The molecule has 0 saturated heterocycles. The summed E-state index contributed by atoms with van der Waals surface area (Å²) < 4.78 is 26.7. The normalized spacial score (nSPS) is 22.8. The molecular formula is C30H33FO4. The van der Waals surface area contributed by atoms with Gasteiger partial charge in [0.25, 0.3) is 0 Å². The maximum absolute atomic E-state index is 14.8. The van der Waals surface area contributed by atoms with Crippen molar-refractivity contribution in [1.29, 1.82) is 0 Å². The summed E-state index contributed by atoms with van der Waals surface area (Å²) in [4.78, 5) is 12.7. The Hall–Kier alpha value is -3.34. The molecule has 0 aromatic heterocycles. The zero-order chi connectivity index (χ0) is 25.3. The van der Waals surface area contributed by atoms with Crippen molar-refractivity contribution < 1.29 is 23.8 Å². The SMILES string of the molecule is CC1=C2OC(C)(CCOC(=O)C(C)c3ccc(-c4ccccc4)c(F)c3)CC=C2C(C)C(O)=C1C. The average molecular weight is 477 g/mol. The number of rotatable bonds is 6. The second-order valence-corrected chi connectivity index (χ2v) is 9.85. The lowest BCUT2D eigenvalue weighted by atomic mass is 9.81. The van der Waals surface area contributed by atoms with Crippen molar-refractivity contribution in [3.05, 3.63) is 94.2 Å². The minimum absolute atomic E-state index is 0.0920. The van der Waals surface area contributed by atoms with Crippen LogP contribution in [0, 0.1) is 11.7 Å². The summed E-state index contributed by atoms with van der Waals surface area (Å²) >= 11 is 0. The third-order valence-electron chi connectivity index (χ3n) is 7.34. The molecule has 0 radical (unpaired) electrons. The van der Waals surface area contributed by atoms with Gasteiger partial charge in [-0.1, -0.05) is 55.5 Å². The van der Waals surface area contributed by atoms with Crippen molar-refractivity contribution in [2.45, 2.75) is 59.0 Å². The van der Waals surface area contributed by atoms with Gasteiger partial charge in [0.1, 0.15) is 22.9 Å². The van der Waals surface area contributed by atoms with Gasteiger partial charge in [-0.3, -0.25) is 4.79 Å². The van der Waals surface area contributed by atoms with E-state index in [9.17, 15) is 14.3 Å². The number of hydrogen-bond acceptors (Lipinski definition) is 4. The molecule has 0 saturated carbocycles. The second kappa shape index (κ2) is 9.73. The molecule has 184 valence electrons. The summed E-state index contributed by atoms with van der Waals surface area (Å²) in [6.45, 7) is 9.77. The third kappa shape index (κ3) is 4.90. The van der Waals surface area contributed by atoms with Crippen LogP contribution >= 0.6 is 0 Å². The predicted octanol–water partition coefficient (Wildman–Crippen LogP) is 7.39. The lowest BCUT2D eigenvalue weighted by Crippen LogP contribution is -2.35. The fraction of sp³-hybridized carbons (Fsp3) is 0.367. The summed E-state index contributed by atoms with van der Waals surface area (Å²) in [5.41, 5.74) is 4.16. The van der Waals surface area contributed by atoms with Crippen molar-refractivity contribution in [2.75, 3.05) is 6.61 Å². The average Bonchev–Trinajstić information content (AvgIpc) is 2.86. The van der Waals surface area contributed by atoms with Crippen molar-refractivity contribution >= 4 is 5.97 Å². The van der Waals surface area contributed by atoms with Crippen LogP contribution < -0.4 is 0 Å². The molecule has 1 aliphatic carbocycles. The molecule has 1 N–H and O–H groups in total. The van der Waals surface area contributed by atoms with E-state index in [2.05, 4.69) is 6.08 Å². The van der Waals surface area contributed by atoms with Crippen LogP contribution in [-0.4, -0.2) is 23.3 Å². The van der Waals surface area contributed by atoms with Gasteiger partial charge in [-0.05, 0) is 56.0 Å². The molecule has 1 aliphatic heterocycles. The number of fused-ring (bicyclic) bond motifs is 1. The van der Waals surface area contributed by atoms with Crippen LogP contribution in [0.5, 0.6) is 0 Å². The first-order valence-corrected chi connectivity index (χ1v) is 12.1. The quantitative estimate of drug-likeness (QED) is 0.442. The van der Waals surface area contributed by atoms with Gasteiger partial charge in [0.05, 0.1) is 12.5 Å². The molecule has 0 spiro atoms. The number of carbonyl (C=O) groups is 1. The van der Waals surface area contributed by atoms with Gasteiger partial charge in [0.2, 0.25) is 0 Å². The first kappa shape index (κ1) is 24.8. The highest BCUT2D eigenvalue weighted by Crippen LogP contribution is 2.44. The lowest BCUT2D eigenvalue weighted by molar-refractivity contribution is -0.146. The Balaban J connectivity index is 1.38. The number of carbonyl (C=O) groups excluding carboxylic acids is 1. The smallest absolute Gasteiger partial charge is 0.313 e. The first-order chi connectivity index (χ1) is 16.6. The van der Waals surface area contributed by atoms with E-state index in [-0.39, 0.29) is 18.3 Å². The third-order valence-corrected chi connectivity index (χ3v) is 7.34. The highest BCUT2D eigenvalue weighted by atomic mass is 19.1. The van der Waals surface area contributed by atoms with E-state index in [0.717, 1.165) is 28.0 Å². The Morgan fingerprint density at radius 3 is 2.60 bits per heavy atom. The van der Waals surface area contributed by atoms with Crippen molar-refractivity contribution in [3.63, 3.8) is 0 Å². The monoisotopic (exact) mass is 476 g/mol.